The summed E-state index contributed by atoms with van der Waals surface area (Å²) >= 11 is 0. The number of aliphatic hydroxyl groups is 1. The maximum Gasteiger partial charge on any atom is 0.222 e. The number of methoxy groups -OCH3 is 1. The Morgan fingerprint density at radius 1 is 1.11 bits per heavy atom. The third-order valence-corrected chi connectivity index (χ3v) is 6.49. The predicted molar refractivity (Wildman–Crippen MR) is 148 cm³/mol. The van der Waals surface area contributed by atoms with Crippen LogP contribution in [0.5, 0.6) is 17.4 Å². The Bertz CT molecular complexity index is 1130. The van der Waals surface area contributed by atoms with Gasteiger partial charge in [-0.1, -0.05) is 50.2 Å². The zero-order valence-corrected chi connectivity index (χ0v) is 23.0. The number of aryl methyl sites for hydroxylation is 1. The van der Waals surface area contributed by atoms with Crippen LogP contribution in [0.4, 0.5) is 0 Å². The van der Waals surface area contributed by atoms with Crippen molar-refractivity contribution in [3.63, 3.8) is 0 Å². The lowest BCUT2D eigenvalue weighted by molar-refractivity contribution is -0.00399. The Labute approximate surface area is 226 Å². The van der Waals surface area contributed by atoms with Crippen LogP contribution in [0.3, 0.4) is 0 Å². The van der Waals surface area contributed by atoms with E-state index in [2.05, 4.69) is 30.9 Å². The molecule has 0 spiro atoms. The van der Waals surface area contributed by atoms with E-state index in [0.717, 1.165) is 42.0 Å². The van der Waals surface area contributed by atoms with Crippen LogP contribution in [0.25, 0.3) is 11.3 Å². The maximum atomic E-state index is 10.9. The van der Waals surface area contributed by atoms with Crippen LogP contribution in [0.15, 0.2) is 54.6 Å². The Morgan fingerprint density at radius 2 is 1.89 bits per heavy atom. The third-order valence-electron chi connectivity index (χ3n) is 6.49. The van der Waals surface area contributed by atoms with Gasteiger partial charge in [0.15, 0.2) is 0 Å². The topological polar surface area (TPSA) is 78.2 Å². The van der Waals surface area contributed by atoms with E-state index in [-0.39, 0.29) is 6.10 Å². The van der Waals surface area contributed by atoms with Gasteiger partial charge in [0.1, 0.15) is 17.2 Å². The van der Waals surface area contributed by atoms with Gasteiger partial charge < -0.3 is 24.1 Å². The lowest BCUT2D eigenvalue weighted by atomic mass is 10.1. The normalized spacial score (nSPS) is 16.3. The highest BCUT2D eigenvalue weighted by Gasteiger charge is 2.26. The molecular weight excluding hydrogens is 482 g/mol. The number of aliphatic hydroxyl groups excluding tert-OH is 1. The molecule has 1 aliphatic heterocycles. The molecular formula is C30H41N3O5. The number of aromatic nitrogens is 2. The van der Waals surface area contributed by atoms with Gasteiger partial charge in [-0.2, -0.15) is 5.10 Å². The molecule has 2 unspecified atom stereocenters. The molecule has 1 aliphatic rings. The van der Waals surface area contributed by atoms with Crippen molar-refractivity contribution in [2.45, 2.75) is 45.4 Å². The Balaban J connectivity index is 1.64. The maximum absolute atomic E-state index is 10.9. The second-order valence-corrected chi connectivity index (χ2v) is 10.3. The first kappa shape index (κ1) is 28.1. The molecule has 0 amide bonds. The first-order chi connectivity index (χ1) is 18.4. The fourth-order valence-corrected chi connectivity index (χ4v) is 4.72. The number of nitrogens with zero attached hydrogens (tertiary/aromatic N) is 3. The lowest BCUT2D eigenvalue weighted by Crippen LogP contribution is -2.39. The van der Waals surface area contributed by atoms with Crippen molar-refractivity contribution < 1.29 is 24.1 Å². The fourth-order valence-electron chi connectivity index (χ4n) is 4.72. The molecule has 1 fully saturated rings. The molecule has 1 N–H and O–H groups in total. The van der Waals surface area contributed by atoms with Crippen LogP contribution < -0.4 is 9.47 Å². The molecule has 2 atom stereocenters. The van der Waals surface area contributed by atoms with Crippen molar-refractivity contribution in [3.8, 4) is 28.6 Å². The summed E-state index contributed by atoms with van der Waals surface area (Å²) in [6.45, 7) is 7.63. The predicted octanol–water partition coefficient (Wildman–Crippen LogP) is 4.90. The minimum absolute atomic E-state index is 0.137. The van der Waals surface area contributed by atoms with E-state index in [1.54, 1.807) is 11.8 Å². The molecule has 8 heteroatoms. The molecule has 3 aromatic rings. The minimum atomic E-state index is -0.616. The van der Waals surface area contributed by atoms with E-state index in [1.807, 2.05) is 49.5 Å². The number of rotatable bonds is 14. The zero-order chi connectivity index (χ0) is 26.9. The van der Waals surface area contributed by atoms with Crippen LogP contribution in [0, 0.1) is 5.92 Å². The van der Waals surface area contributed by atoms with Crippen LogP contribution in [0.2, 0.25) is 0 Å². The summed E-state index contributed by atoms with van der Waals surface area (Å²) in [6, 6.07) is 17.7. The lowest BCUT2D eigenvalue weighted by Gasteiger charge is -2.28. The van der Waals surface area contributed by atoms with E-state index in [9.17, 15) is 5.11 Å². The minimum Gasteiger partial charge on any atom is -0.497 e. The number of hydrogen-bond donors (Lipinski definition) is 1. The number of hydrogen-bond acceptors (Lipinski definition) is 7. The third kappa shape index (κ3) is 7.80. The van der Waals surface area contributed by atoms with Crippen molar-refractivity contribution in [2.24, 2.45) is 13.0 Å². The van der Waals surface area contributed by atoms with E-state index in [0.29, 0.717) is 50.4 Å². The summed E-state index contributed by atoms with van der Waals surface area (Å²) in [6.07, 6.45) is 1.60. The molecule has 0 aliphatic carbocycles. The monoisotopic (exact) mass is 523 g/mol. The Morgan fingerprint density at radius 3 is 2.61 bits per heavy atom. The van der Waals surface area contributed by atoms with Gasteiger partial charge in [0.05, 0.1) is 31.5 Å². The van der Waals surface area contributed by atoms with Gasteiger partial charge >= 0.3 is 0 Å². The summed E-state index contributed by atoms with van der Waals surface area (Å²) < 4.78 is 25.3. The second-order valence-electron chi connectivity index (χ2n) is 10.3. The summed E-state index contributed by atoms with van der Waals surface area (Å²) in [4.78, 5) is 2.24. The van der Waals surface area contributed by atoms with Gasteiger partial charge in [-0.25, -0.2) is 4.68 Å². The average Bonchev–Trinajstić information content (AvgIpc) is 3.52. The average molecular weight is 524 g/mol. The van der Waals surface area contributed by atoms with Crippen LogP contribution >= 0.6 is 0 Å². The molecule has 0 radical (unpaired) electrons. The molecule has 206 valence electrons. The smallest absolute Gasteiger partial charge is 0.222 e. The van der Waals surface area contributed by atoms with Gasteiger partial charge in [0, 0.05) is 51.5 Å². The van der Waals surface area contributed by atoms with E-state index >= 15 is 0 Å². The van der Waals surface area contributed by atoms with Crippen molar-refractivity contribution in [1.82, 2.24) is 14.7 Å². The highest BCUT2D eigenvalue weighted by molar-refractivity contribution is 5.65. The quantitative estimate of drug-likeness (QED) is 0.322. The standard InChI is InChI=1S/C30H41N3O5/c1-22(2)20-36-21-24(34)17-33(18-27-14-9-15-37-27)19-28-29(23-10-6-5-7-11-23)31-32(3)30(28)38-26-13-8-12-25(16-26)35-4/h5-8,10-13,16,22,24,27,34H,9,14-15,17-21H2,1-4H3. The summed E-state index contributed by atoms with van der Waals surface area (Å²) in [5.41, 5.74) is 2.82. The van der Waals surface area contributed by atoms with Gasteiger partial charge in [-0.3, -0.25) is 4.90 Å². The van der Waals surface area contributed by atoms with Crippen molar-refractivity contribution >= 4 is 0 Å². The van der Waals surface area contributed by atoms with Gasteiger partial charge in [0.25, 0.3) is 0 Å². The highest BCUT2D eigenvalue weighted by Crippen LogP contribution is 2.35. The van der Waals surface area contributed by atoms with Gasteiger partial charge in [-0.05, 0) is 30.9 Å². The van der Waals surface area contributed by atoms with Gasteiger partial charge in [-0.15, -0.1) is 0 Å². The first-order valence-corrected chi connectivity index (χ1v) is 13.5. The van der Waals surface area contributed by atoms with Crippen molar-refractivity contribution in [2.75, 3.05) is 40.0 Å². The van der Waals surface area contributed by atoms with Crippen molar-refractivity contribution in [1.29, 1.82) is 0 Å². The fraction of sp³-hybridized carbons (Fsp3) is 0.500. The molecule has 4 rings (SSSR count). The van der Waals surface area contributed by atoms with Crippen LogP contribution in [-0.4, -0.2) is 72.0 Å². The molecule has 2 aromatic carbocycles. The molecule has 1 aromatic heterocycles. The number of ether oxygens (including phenoxy) is 4. The van der Waals surface area contributed by atoms with Crippen LogP contribution in [-0.2, 0) is 23.1 Å². The number of benzene rings is 2. The summed E-state index contributed by atoms with van der Waals surface area (Å²) in [7, 11) is 3.53. The molecule has 38 heavy (non-hydrogen) atoms. The Hall–Kier alpha value is -2.91. The van der Waals surface area contributed by atoms with Gasteiger partial charge in [0.2, 0.25) is 5.88 Å². The van der Waals surface area contributed by atoms with E-state index < -0.39 is 6.10 Å². The molecule has 2 heterocycles. The molecule has 0 saturated carbocycles. The Kier molecular flexibility index (Phi) is 10.2. The zero-order valence-electron chi connectivity index (χ0n) is 23.0. The van der Waals surface area contributed by atoms with E-state index in [1.165, 1.54) is 0 Å². The molecule has 1 saturated heterocycles. The van der Waals surface area contributed by atoms with E-state index in [4.69, 9.17) is 24.0 Å². The highest BCUT2D eigenvalue weighted by atomic mass is 16.5. The molecule has 0 bridgehead atoms. The largest absolute Gasteiger partial charge is 0.497 e. The van der Waals surface area contributed by atoms with Crippen LogP contribution in [0.1, 0.15) is 32.3 Å². The van der Waals surface area contributed by atoms with Crippen molar-refractivity contribution in [3.05, 3.63) is 60.2 Å². The summed E-state index contributed by atoms with van der Waals surface area (Å²) in [5.74, 6) is 2.46. The molecule has 8 nitrogen and oxygen atoms in total. The SMILES string of the molecule is COc1cccc(Oc2c(CN(CC(O)COCC(C)C)CC3CCCO3)c(-c3ccccc3)nn2C)c1. The first-order valence-electron chi connectivity index (χ1n) is 13.5. The second kappa shape index (κ2) is 13.8. The summed E-state index contributed by atoms with van der Waals surface area (Å²) in [5, 5.41) is 15.7.